The summed E-state index contributed by atoms with van der Waals surface area (Å²) in [7, 11) is 0. The predicted molar refractivity (Wildman–Crippen MR) is 117 cm³/mol. The molecule has 0 fully saturated rings. The van der Waals surface area contributed by atoms with Crippen molar-refractivity contribution in [3.05, 3.63) is 53.9 Å². The minimum atomic E-state index is -0.916. The van der Waals surface area contributed by atoms with Crippen LogP contribution in [0.5, 0.6) is 5.88 Å². The summed E-state index contributed by atoms with van der Waals surface area (Å²) < 4.78 is 28.1. The summed E-state index contributed by atoms with van der Waals surface area (Å²) in [5.41, 5.74) is 1.07. The van der Waals surface area contributed by atoms with E-state index in [9.17, 15) is 18.5 Å². The third-order valence-electron chi connectivity index (χ3n) is 3.83. The number of nitrogens with zero attached hydrogens (tertiary/aromatic N) is 3. The zero-order chi connectivity index (χ0) is 22.3. The van der Waals surface area contributed by atoms with Crippen molar-refractivity contribution in [2.75, 3.05) is 6.61 Å². The number of aromatic hydroxyl groups is 1. The number of hydrogen-bond acceptors (Lipinski definition) is 6. The van der Waals surface area contributed by atoms with E-state index in [0.29, 0.717) is 17.7 Å². The Morgan fingerprint density at radius 3 is 2.47 bits per heavy atom. The Hall–Kier alpha value is -2.91. The molecule has 0 aliphatic heterocycles. The van der Waals surface area contributed by atoms with E-state index >= 15 is 0 Å². The van der Waals surface area contributed by atoms with E-state index in [1.807, 2.05) is 6.92 Å². The van der Waals surface area contributed by atoms with Gasteiger partial charge in [-0.05, 0) is 26.3 Å². The SMILES string of the molecule is C=NOCC.CC(C)(O)/C=C/c1ccc(-c2nc3cc(O)n(SF)c3cc2F)cc1. The molecule has 9 heteroatoms. The van der Waals surface area contributed by atoms with Crippen molar-refractivity contribution in [2.45, 2.75) is 26.4 Å². The van der Waals surface area contributed by atoms with Crippen LogP contribution in [0, 0.1) is 5.82 Å². The molecule has 0 bridgehead atoms. The molecule has 0 unspecified atom stereocenters. The van der Waals surface area contributed by atoms with Crippen molar-refractivity contribution in [3.63, 3.8) is 0 Å². The molecular formula is C21H23F2N3O3S. The lowest BCUT2D eigenvalue weighted by Crippen LogP contribution is -2.13. The number of aliphatic hydroxyl groups is 1. The highest BCUT2D eigenvalue weighted by atomic mass is 32.2. The maximum Gasteiger partial charge on any atom is 0.206 e. The summed E-state index contributed by atoms with van der Waals surface area (Å²) in [6.07, 6.45) is 3.43. The third-order valence-corrected chi connectivity index (χ3v) is 4.36. The lowest BCUT2D eigenvalue weighted by molar-refractivity contribution is 0.134. The highest BCUT2D eigenvalue weighted by Gasteiger charge is 2.15. The van der Waals surface area contributed by atoms with Gasteiger partial charge in [-0.25, -0.2) is 13.3 Å². The molecule has 2 N–H and O–H groups in total. The van der Waals surface area contributed by atoms with E-state index in [2.05, 4.69) is 21.7 Å². The molecule has 3 aromatic rings. The van der Waals surface area contributed by atoms with Gasteiger partial charge in [0, 0.05) is 24.4 Å². The average molecular weight is 435 g/mol. The van der Waals surface area contributed by atoms with Crippen LogP contribution < -0.4 is 0 Å². The number of benzene rings is 1. The highest BCUT2D eigenvalue weighted by Crippen LogP contribution is 2.32. The molecule has 0 aliphatic carbocycles. The molecular weight excluding hydrogens is 412 g/mol. The smallest absolute Gasteiger partial charge is 0.206 e. The van der Waals surface area contributed by atoms with E-state index < -0.39 is 11.4 Å². The zero-order valence-electron chi connectivity index (χ0n) is 16.8. The molecule has 3 rings (SSSR count). The average Bonchev–Trinajstić information content (AvgIpc) is 3.00. The minimum Gasteiger partial charge on any atom is -0.494 e. The Morgan fingerprint density at radius 2 is 1.97 bits per heavy atom. The van der Waals surface area contributed by atoms with Gasteiger partial charge < -0.3 is 15.1 Å². The first-order chi connectivity index (χ1) is 14.2. The number of halogens is 2. The Labute approximate surface area is 177 Å². The van der Waals surface area contributed by atoms with Crippen molar-refractivity contribution in [2.24, 2.45) is 5.16 Å². The molecule has 2 aromatic heterocycles. The maximum absolute atomic E-state index is 14.4. The second kappa shape index (κ2) is 10.2. The molecule has 0 saturated carbocycles. The molecule has 0 aliphatic rings. The second-order valence-corrected chi connectivity index (χ2v) is 7.25. The first kappa shape index (κ1) is 23.4. The minimum absolute atomic E-state index is 0.117. The summed E-state index contributed by atoms with van der Waals surface area (Å²) in [5.74, 6) is -0.945. The molecule has 30 heavy (non-hydrogen) atoms. The second-order valence-electron chi connectivity index (χ2n) is 6.74. The molecule has 6 nitrogen and oxygen atoms in total. The van der Waals surface area contributed by atoms with Crippen LogP contribution in [0.2, 0.25) is 0 Å². The van der Waals surface area contributed by atoms with E-state index in [1.165, 1.54) is 6.07 Å². The van der Waals surface area contributed by atoms with E-state index in [4.69, 9.17) is 0 Å². The number of hydrogen-bond donors (Lipinski definition) is 2. The fraction of sp³-hybridized carbons (Fsp3) is 0.238. The number of fused-ring (bicyclic) bond motifs is 1. The first-order valence-electron chi connectivity index (χ1n) is 9.00. The Kier molecular flexibility index (Phi) is 7.96. The maximum atomic E-state index is 14.4. The molecule has 0 spiro atoms. The molecule has 1 aromatic carbocycles. The highest BCUT2D eigenvalue weighted by molar-refractivity contribution is 7.93. The fourth-order valence-corrected chi connectivity index (χ4v) is 2.83. The Balaban J connectivity index is 0.000000575. The summed E-state index contributed by atoms with van der Waals surface area (Å²) in [5, 5.41) is 22.5. The zero-order valence-corrected chi connectivity index (χ0v) is 17.7. The number of pyridine rings is 1. The summed E-state index contributed by atoms with van der Waals surface area (Å²) >= 11 is -0.217. The van der Waals surface area contributed by atoms with E-state index in [-0.39, 0.29) is 29.4 Å². The van der Waals surface area contributed by atoms with Crippen molar-refractivity contribution in [1.82, 2.24) is 8.96 Å². The van der Waals surface area contributed by atoms with E-state index in [0.717, 1.165) is 15.6 Å². The largest absolute Gasteiger partial charge is 0.494 e. The summed E-state index contributed by atoms with van der Waals surface area (Å²) in [4.78, 5) is 8.54. The van der Waals surface area contributed by atoms with Gasteiger partial charge in [0.15, 0.2) is 18.2 Å². The van der Waals surface area contributed by atoms with Crippen LogP contribution >= 0.6 is 12.3 Å². The number of aromatic nitrogens is 2. The van der Waals surface area contributed by atoms with Crippen molar-refractivity contribution < 1.29 is 23.3 Å². The molecule has 160 valence electrons. The lowest BCUT2D eigenvalue weighted by Gasteiger charge is -2.10. The quantitative estimate of drug-likeness (QED) is 0.403. The van der Waals surface area contributed by atoms with Crippen LogP contribution in [0.4, 0.5) is 8.28 Å². The number of oxime groups is 1. The summed E-state index contributed by atoms with van der Waals surface area (Å²) in [6.45, 7) is 8.89. The molecule has 0 atom stereocenters. The first-order valence-corrected chi connectivity index (χ1v) is 9.67. The molecule has 0 saturated heterocycles. The standard InChI is InChI=1S/C18H16F2N2O2S.C3H7NO/c1-18(2,24)8-7-11-3-5-12(6-4-11)17-13(19)9-15-14(21-17)10-16(23)22(15)25-20;1-3-5-4-2/h3-10,23-24H,1-2H3;2-3H2,1H3/b8-7+;. The molecule has 2 heterocycles. The predicted octanol–water partition coefficient (Wildman–Crippen LogP) is 5.35. The third kappa shape index (κ3) is 6.04. The molecule has 0 amide bonds. The Bertz CT molecular complexity index is 1030. The van der Waals surface area contributed by atoms with Gasteiger partial charge in [-0.2, -0.15) is 0 Å². The van der Waals surface area contributed by atoms with Crippen molar-refractivity contribution >= 4 is 36.2 Å². The van der Waals surface area contributed by atoms with Crippen molar-refractivity contribution in [1.29, 1.82) is 0 Å². The fourth-order valence-electron chi connectivity index (χ4n) is 2.49. The topological polar surface area (TPSA) is 79.9 Å². The van der Waals surface area contributed by atoms with Gasteiger partial charge in [-0.1, -0.05) is 36.4 Å². The van der Waals surface area contributed by atoms with Gasteiger partial charge in [-0.15, -0.1) is 9.04 Å². The van der Waals surface area contributed by atoms with Gasteiger partial charge in [0.05, 0.1) is 16.6 Å². The normalized spacial score (nSPS) is 11.4. The van der Waals surface area contributed by atoms with Crippen molar-refractivity contribution in [3.8, 4) is 17.1 Å². The van der Waals surface area contributed by atoms with Gasteiger partial charge >= 0.3 is 0 Å². The lowest BCUT2D eigenvalue weighted by atomic mass is 10.0. The van der Waals surface area contributed by atoms with Gasteiger partial charge in [-0.3, -0.25) is 0 Å². The number of rotatable bonds is 6. The summed E-state index contributed by atoms with van der Waals surface area (Å²) in [6, 6.07) is 9.41. The van der Waals surface area contributed by atoms with Gasteiger partial charge in [0.25, 0.3) is 0 Å². The molecule has 0 radical (unpaired) electrons. The van der Waals surface area contributed by atoms with Crippen LogP contribution in [-0.4, -0.2) is 38.1 Å². The van der Waals surface area contributed by atoms with E-state index in [1.54, 1.807) is 50.3 Å². The monoisotopic (exact) mass is 435 g/mol. The van der Waals surface area contributed by atoms with Crippen LogP contribution in [0.3, 0.4) is 0 Å². The van der Waals surface area contributed by atoms with Crippen LogP contribution in [-0.2, 0) is 4.84 Å². The van der Waals surface area contributed by atoms with Gasteiger partial charge in [0.1, 0.15) is 12.3 Å². The van der Waals surface area contributed by atoms with Crippen LogP contribution in [0.1, 0.15) is 26.3 Å². The van der Waals surface area contributed by atoms with Crippen LogP contribution in [0.15, 0.2) is 47.6 Å². The van der Waals surface area contributed by atoms with Crippen LogP contribution in [0.25, 0.3) is 28.4 Å². The van der Waals surface area contributed by atoms with Gasteiger partial charge in [0.2, 0.25) is 5.88 Å². The Morgan fingerprint density at radius 1 is 1.30 bits per heavy atom.